The molecule has 1 rings (SSSR count). The van der Waals surface area contributed by atoms with E-state index >= 15 is 0 Å². The van der Waals surface area contributed by atoms with Gasteiger partial charge in [-0.15, -0.1) is 0 Å². The molecule has 0 saturated heterocycles. The van der Waals surface area contributed by atoms with Gasteiger partial charge >= 0.3 is 6.09 Å². The molecule has 0 atom stereocenters. The van der Waals surface area contributed by atoms with Gasteiger partial charge in [0.05, 0.1) is 12.2 Å². The molecule has 0 radical (unpaired) electrons. The second kappa shape index (κ2) is 20.4. The van der Waals surface area contributed by atoms with Crippen LogP contribution in [0, 0.1) is 0 Å². The van der Waals surface area contributed by atoms with Gasteiger partial charge in [0.1, 0.15) is 17.6 Å². The van der Waals surface area contributed by atoms with Gasteiger partial charge in [0.15, 0.2) is 0 Å². The monoisotopic (exact) mass is 532 g/mol. The average Bonchev–Trinajstić information content (AvgIpc) is 2.87. The fraction of sp³-hybridized carbons (Fsp3) is 0.710. The van der Waals surface area contributed by atoms with E-state index in [0.29, 0.717) is 36.6 Å². The van der Waals surface area contributed by atoms with Crippen LogP contribution in [0.15, 0.2) is 18.2 Å². The number of alkyl carbamates (subject to hydrolysis) is 1. The lowest BCUT2D eigenvalue weighted by atomic mass is 10.1. The molecule has 0 heterocycles. The van der Waals surface area contributed by atoms with Crippen LogP contribution in [-0.2, 0) is 4.74 Å². The lowest BCUT2D eigenvalue weighted by molar-refractivity contribution is 0.0526. The van der Waals surface area contributed by atoms with Crippen molar-refractivity contribution in [3.8, 4) is 5.75 Å². The molecule has 0 fully saturated rings. The summed E-state index contributed by atoms with van der Waals surface area (Å²) in [6.07, 6.45) is 16.5. The quantitative estimate of drug-likeness (QED) is 0.125. The molecule has 0 saturated carbocycles. The Morgan fingerprint density at radius 3 is 1.92 bits per heavy atom. The van der Waals surface area contributed by atoms with Crippen molar-refractivity contribution in [2.45, 2.75) is 123 Å². The van der Waals surface area contributed by atoms with Crippen molar-refractivity contribution in [2.24, 2.45) is 0 Å². The number of benzene rings is 1. The standard InChI is InChI=1S/C31H52N2O5/c1-5-6-7-8-9-10-11-12-15-18-23-37-28-20-19-26(25-34)24-27(28)29(35)32-21-16-13-14-17-22-33-30(36)38-31(2,3)4/h19-20,24-25H,5-18,21-23H2,1-4H3,(H,32,35)(H,33,36). The Morgan fingerprint density at radius 1 is 0.789 bits per heavy atom. The molecule has 0 aliphatic rings. The SMILES string of the molecule is CCCCCCCCCCCCOc1ccc(C=O)cc1C(=O)NCCCCCCNC(=O)OC(C)(C)C. The van der Waals surface area contributed by atoms with Gasteiger partial charge in [-0.25, -0.2) is 4.79 Å². The summed E-state index contributed by atoms with van der Waals surface area (Å²) in [5, 5.41) is 5.70. The van der Waals surface area contributed by atoms with Crippen LogP contribution in [0.25, 0.3) is 0 Å². The molecule has 0 bridgehead atoms. The van der Waals surface area contributed by atoms with Gasteiger partial charge in [-0.3, -0.25) is 9.59 Å². The van der Waals surface area contributed by atoms with Crippen molar-refractivity contribution < 1.29 is 23.9 Å². The van der Waals surface area contributed by atoms with Gasteiger partial charge in [-0.05, 0) is 58.2 Å². The molecule has 0 spiro atoms. The maximum absolute atomic E-state index is 12.8. The molecule has 216 valence electrons. The van der Waals surface area contributed by atoms with Gasteiger partial charge < -0.3 is 20.1 Å². The molecule has 0 aliphatic heterocycles. The first-order valence-electron chi connectivity index (χ1n) is 14.7. The normalized spacial score (nSPS) is 11.2. The molecule has 0 aromatic heterocycles. The fourth-order valence-electron chi connectivity index (χ4n) is 4.10. The Labute approximate surface area is 230 Å². The van der Waals surface area contributed by atoms with E-state index in [1.165, 1.54) is 51.4 Å². The zero-order valence-electron chi connectivity index (χ0n) is 24.4. The van der Waals surface area contributed by atoms with Crippen molar-refractivity contribution in [2.75, 3.05) is 19.7 Å². The number of hydrogen-bond acceptors (Lipinski definition) is 5. The maximum atomic E-state index is 12.8. The van der Waals surface area contributed by atoms with Crippen LogP contribution in [0.4, 0.5) is 4.79 Å². The maximum Gasteiger partial charge on any atom is 0.407 e. The van der Waals surface area contributed by atoms with E-state index in [0.717, 1.165) is 44.8 Å². The topological polar surface area (TPSA) is 93.7 Å². The number of rotatable bonds is 21. The summed E-state index contributed by atoms with van der Waals surface area (Å²) in [7, 11) is 0. The molecule has 7 nitrogen and oxygen atoms in total. The molecule has 2 N–H and O–H groups in total. The molecule has 1 aromatic rings. The molecule has 7 heteroatoms. The highest BCUT2D eigenvalue weighted by Gasteiger charge is 2.15. The minimum absolute atomic E-state index is 0.224. The van der Waals surface area contributed by atoms with Crippen LogP contribution in [0.3, 0.4) is 0 Å². The number of carbonyl (C=O) groups excluding carboxylic acids is 3. The fourth-order valence-corrected chi connectivity index (χ4v) is 4.10. The number of aldehydes is 1. The Hall–Kier alpha value is -2.57. The third-order valence-electron chi connectivity index (χ3n) is 6.20. The van der Waals surface area contributed by atoms with E-state index in [1.807, 2.05) is 20.8 Å². The predicted octanol–water partition coefficient (Wildman–Crippen LogP) is 7.61. The van der Waals surface area contributed by atoms with E-state index in [9.17, 15) is 14.4 Å². The number of carbonyl (C=O) groups is 3. The van der Waals surface area contributed by atoms with Crippen molar-refractivity contribution in [3.63, 3.8) is 0 Å². The Kier molecular flexibility index (Phi) is 18.0. The van der Waals surface area contributed by atoms with E-state index < -0.39 is 11.7 Å². The molecule has 2 amide bonds. The van der Waals surface area contributed by atoms with Crippen molar-refractivity contribution in [3.05, 3.63) is 29.3 Å². The van der Waals surface area contributed by atoms with Crippen molar-refractivity contribution in [1.82, 2.24) is 10.6 Å². The van der Waals surface area contributed by atoms with Gasteiger partial charge in [-0.1, -0.05) is 77.6 Å². The highest BCUT2D eigenvalue weighted by atomic mass is 16.6. The second-order valence-corrected chi connectivity index (χ2v) is 11.0. The molecule has 0 aliphatic carbocycles. The number of hydrogen-bond donors (Lipinski definition) is 2. The average molecular weight is 533 g/mol. The van der Waals surface area contributed by atoms with Crippen LogP contribution in [-0.4, -0.2) is 43.6 Å². The van der Waals surface area contributed by atoms with Crippen LogP contribution in [0.1, 0.15) is 138 Å². The molecule has 0 unspecified atom stereocenters. The van der Waals surface area contributed by atoms with Crippen LogP contribution in [0.5, 0.6) is 5.75 Å². The summed E-state index contributed by atoms with van der Waals surface area (Å²) < 4.78 is 11.1. The van der Waals surface area contributed by atoms with Crippen LogP contribution >= 0.6 is 0 Å². The number of amides is 2. The van der Waals surface area contributed by atoms with Crippen LogP contribution < -0.4 is 15.4 Å². The van der Waals surface area contributed by atoms with Crippen molar-refractivity contribution in [1.29, 1.82) is 0 Å². The van der Waals surface area contributed by atoms with E-state index in [-0.39, 0.29) is 5.91 Å². The van der Waals surface area contributed by atoms with Gasteiger partial charge in [0.25, 0.3) is 5.91 Å². The van der Waals surface area contributed by atoms with Gasteiger partial charge in [0.2, 0.25) is 0 Å². The Bertz CT molecular complexity index is 804. The van der Waals surface area contributed by atoms with E-state index in [4.69, 9.17) is 9.47 Å². The summed E-state index contributed by atoms with van der Waals surface area (Å²) in [5.74, 6) is 0.301. The lowest BCUT2D eigenvalue weighted by Gasteiger charge is -2.19. The van der Waals surface area contributed by atoms with Gasteiger partial charge in [-0.2, -0.15) is 0 Å². The van der Waals surface area contributed by atoms with E-state index in [1.54, 1.807) is 18.2 Å². The summed E-state index contributed by atoms with van der Waals surface area (Å²) in [6, 6.07) is 4.99. The summed E-state index contributed by atoms with van der Waals surface area (Å²) in [5.41, 5.74) is 0.368. The number of unbranched alkanes of at least 4 members (excludes halogenated alkanes) is 12. The molecule has 38 heavy (non-hydrogen) atoms. The zero-order chi connectivity index (χ0) is 28.1. The Balaban J connectivity index is 2.26. The largest absolute Gasteiger partial charge is 0.493 e. The zero-order valence-corrected chi connectivity index (χ0v) is 24.4. The minimum atomic E-state index is -0.495. The summed E-state index contributed by atoms with van der Waals surface area (Å²) >= 11 is 0. The third-order valence-corrected chi connectivity index (χ3v) is 6.20. The minimum Gasteiger partial charge on any atom is -0.493 e. The first-order chi connectivity index (χ1) is 18.3. The number of ether oxygens (including phenoxy) is 2. The van der Waals surface area contributed by atoms with E-state index in [2.05, 4.69) is 17.6 Å². The number of nitrogens with one attached hydrogen (secondary N) is 2. The van der Waals surface area contributed by atoms with Crippen LogP contribution in [0.2, 0.25) is 0 Å². The first-order valence-corrected chi connectivity index (χ1v) is 14.7. The molecular formula is C31H52N2O5. The third kappa shape index (κ3) is 17.0. The predicted molar refractivity (Wildman–Crippen MR) is 154 cm³/mol. The smallest absolute Gasteiger partial charge is 0.407 e. The van der Waals surface area contributed by atoms with Gasteiger partial charge in [0, 0.05) is 18.7 Å². The molecular weight excluding hydrogens is 480 g/mol. The first kappa shape index (κ1) is 33.5. The second-order valence-electron chi connectivity index (χ2n) is 11.0. The lowest BCUT2D eigenvalue weighted by Crippen LogP contribution is -2.33. The highest BCUT2D eigenvalue weighted by Crippen LogP contribution is 2.21. The highest BCUT2D eigenvalue weighted by molar-refractivity contribution is 5.98. The summed E-state index contributed by atoms with van der Waals surface area (Å²) in [6.45, 7) is 9.43. The molecule has 1 aromatic carbocycles. The summed E-state index contributed by atoms with van der Waals surface area (Å²) in [4.78, 5) is 35.7. The van der Waals surface area contributed by atoms with Crippen molar-refractivity contribution >= 4 is 18.3 Å². The Morgan fingerprint density at radius 2 is 1.34 bits per heavy atom.